The molecule has 0 heterocycles. The summed E-state index contributed by atoms with van der Waals surface area (Å²) in [7, 11) is 0. The zero-order chi connectivity index (χ0) is 14.4. The van der Waals surface area contributed by atoms with Crippen molar-refractivity contribution in [3.63, 3.8) is 0 Å². The third-order valence-corrected chi connectivity index (χ3v) is 4.48. The molecule has 1 aromatic carbocycles. The smallest absolute Gasteiger partial charge is 0.0224 e. The fourth-order valence-electron chi connectivity index (χ4n) is 3.06. The van der Waals surface area contributed by atoms with Gasteiger partial charge < -0.3 is 5.73 Å². The van der Waals surface area contributed by atoms with Gasteiger partial charge in [0.2, 0.25) is 0 Å². The van der Waals surface area contributed by atoms with Gasteiger partial charge in [0.05, 0.1) is 0 Å². The summed E-state index contributed by atoms with van der Waals surface area (Å²) in [6.45, 7) is 7.84. The topological polar surface area (TPSA) is 29.3 Å². The summed E-state index contributed by atoms with van der Waals surface area (Å²) in [5.41, 5.74) is 7.52. The van der Waals surface area contributed by atoms with Gasteiger partial charge in [-0.1, -0.05) is 44.2 Å². The van der Waals surface area contributed by atoms with Crippen LogP contribution in [-0.4, -0.2) is 30.6 Å². The molecule has 0 aromatic heterocycles. The third kappa shape index (κ3) is 4.60. The summed E-state index contributed by atoms with van der Waals surface area (Å²) >= 11 is 0. The fourth-order valence-corrected chi connectivity index (χ4v) is 3.06. The van der Waals surface area contributed by atoms with Gasteiger partial charge >= 0.3 is 0 Å². The van der Waals surface area contributed by atoms with Crippen molar-refractivity contribution in [2.75, 3.05) is 19.6 Å². The van der Waals surface area contributed by atoms with Crippen molar-refractivity contribution in [1.29, 1.82) is 0 Å². The number of benzene rings is 1. The Hall–Kier alpha value is -0.860. The van der Waals surface area contributed by atoms with Crippen molar-refractivity contribution >= 4 is 0 Å². The molecule has 0 spiro atoms. The minimum absolute atomic E-state index is 0.533. The fraction of sp³-hybridized carbons (Fsp3) is 0.667. The SMILES string of the molecule is CCCN(CC1CC1)C(CN)CC(C)c1ccccc1. The van der Waals surface area contributed by atoms with E-state index >= 15 is 0 Å². The van der Waals surface area contributed by atoms with Crippen LogP contribution in [0.4, 0.5) is 0 Å². The molecule has 2 atom stereocenters. The molecule has 0 aliphatic heterocycles. The second-order valence-electron chi connectivity index (χ2n) is 6.38. The quantitative estimate of drug-likeness (QED) is 0.745. The first-order valence-electron chi connectivity index (χ1n) is 8.23. The van der Waals surface area contributed by atoms with Crippen LogP contribution >= 0.6 is 0 Å². The van der Waals surface area contributed by atoms with Gasteiger partial charge in [0.15, 0.2) is 0 Å². The summed E-state index contributed by atoms with van der Waals surface area (Å²) in [4.78, 5) is 2.65. The van der Waals surface area contributed by atoms with E-state index in [2.05, 4.69) is 49.1 Å². The lowest BCUT2D eigenvalue weighted by molar-refractivity contribution is 0.177. The molecule has 2 heteroatoms. The Morgan fingerprint density at radius 2 is 1.95 bits per heavy atom. The second kappa shape index (κ2) is 7.80. The van der Waals surface area contributed by atoms with E-state index in [4.69, 9.17) is 5.73 Å². The molecule has 20 heavy (non-hydrogen) atoms. The Kier molecular flexibility index (Phi) is 6.06. The van der Waals surface area contributed by atoms with Gasteiger partial charge in [-0.25, -0.2) is 0 Å². The van der Waals surface area contributed by atoms with E-state index in [-0.39, 0.29) is 0 Å². The van der Waals surface area contributed by atoms with Crippen molar-refractivity contribution in [2.24, 2.45) is 11.7 Å². The van der Waals surface area contributed by atoms with E-state index in [0.29, 0.717) is 12.0 Å². The molecule has 112 valence electrons. The maximum Gasteiger partial charge on any atom is 0.0224 e. The summed E-state index contributed by atoms with van der Waals surface area (Å²) in [6, 6.07) is 11.4. The number of rotatable bonds is 9. The predicted octanol–water partition coefficient (Wildman–Crippen LogP) is 3.63. The van der Waals surface area contributed by atoms with E-state index < -0.39 is 0 Å². The lowest BCUT2D eigenvalue weighted by atomic mass is 9.93. The van der Waals surface area contributed by atoms with E-state index in [1.165, 1.54) is 44.3 Å². The van der Waals surface area contributed by atoms with E-state index in [9.17, 15) is 0 Å². The average Bonchev–Trinajstić information content (AvgIpc) is 3.29. The van der Waals surface area contributed by atoms with Crippen LogP contribution in [0.5, 0.6) is 0 Å². The van der Waals surface area contributed by atoms with Crippen LogP contribution < -0.4 is 5.73 Å². The summed E-state index contributed by atoms with van der Waals surface area (Å²) in [6.07, 6.45) is 5.24. The molecule has 1 fully saturated rings. The van der Waals surface area contributed by atoms with Crippen LogP contribution in [-0.2, 0) is 0 Å². The Labute approximate surface area is 124 Å². The van der Waals surface area contributed by atoms with Crippen LogP contribution in [0, 0.1) is 5.92 Å². The lowest BCUT2D eigenvalue weighted by Gasteiger charge is -2.32. The largest absolute Gasteiger partial charge is 0.329 e. The molecule has 0 amide bonds. The normalized spacial score (nSPS) is 18.2. The van der Waals surface area contributed by atoms with Gasteiger partial charge in [0, 0.05) is 19.1 Å². The van der Waals surface area contributed by atoms with Gasteiger partial charge in [-0.2, -0.15) is 0 Å². The Morgan fingerprint density at radius 3 is 2.50 bits per heavy atom. The highest BCUT2D eigenvalue weighted by atomic mass is 15.2. The number of nitrogens with two attached hydrogens (primary N) is 1. The van der Waals surface area contributed by atoms with Gasteiger partial charge in [-0.15, -0.1) is 0 Å². The highest BCUT2D eigenvalue weighted by molar-refractivity contribution is 5.19. The molecule has 2 nitrogen and oxygen atoms in total. The van der Waals surface area contributed by atoms with Crippen LogP contribution in [0.2, 0.25) is 0 Å². The van der Waals surface area contributed by atoms with Gasteiger partial charge in [0.25, 0.3) is 0 Å². The minimum Gasteiger partial charge on any atom is -0.329 e. The molecule has 0 radical (unpaired) electrons. The zero-order valence-corrected chi connectivity index (χ0v) is 13.1. The summed E-state index contributed by atoms with van der Waals surface area (Å²) in [5, 5.41) is 0. The lowest BCUT2D eigenvalue weighted by Crippen LogP contribution is -2.43. The molecule has 0 saturated heterocycles. The van der Waals surface area contributed by atoms with E-state index in [0.717, 1.165) is 12.5 Å². The maximum absolute atomic E-state index is 6.08. The summed E-state index contributed by atoms with van der Waals surface area (Å²) in [5.74, 6) is 1.53. The number of hydrogen-bond acceptors (Lipinski definition) is 2. The monoisotopic (exact) mass is 274 g/mol. The van der Waals surface area contributed by atoms with Gasteiger partial charge in [-0.3, -0.25) is 4.90 Å². The van der Waals surface area contributed by atoms with Crippen molar-refractivity contribution in [3.05, 3.63) is 35.9 Å². The first-order valence-corrected chi connectivity index (χ1v) is 8.23. The van der Waals surface area contributed by atoms with Crippen molar-refractivity contribution in [3.8, 4) is 0 Å². The molecular weight excluding hydrogens is 244 g/mol. The summed E-state index contributed by atoms with van der Waals surface area (Å²) < 4.78 is 0. The highest BCUT2D eigenvalue weighted by Gasteiger charge is 2.28. The molecule has 1 saturated carbocycles. The predicted molar refractivity (Wildman–Crippen MR) is 86.9 cm³/mol. The van der Waals surface area contributed by atoms with Crippen LogP contribution in [0.1, 0.15) is 51.0 Å². The molecule has 2 N–H and O–H groups in total. The maximum atomic E-state index is 6.08. The van der Waals surface area contributed by atoms with Gasteiger partial charge in [0.1, 0.15) is 0 Å². The van der Waals surface area contributed by atoms with Crippen molar-refractivity contribution in [1.82, 2.24) is 4.90 Å². The van der Waals surface area contributed by atoms with E-state index in [1.54, 1.807) is 0 Å². The minimum atomic E-state index is 0.533. The molecule has 1 aromatic rings. The van der Waals surface area contributed by atoms with Gasteiger partial charge in [-0.05, 0) is 49.6 Å². The van der Waals surface area contributed by atoms with Crippen LogP contribution in [0.15, 0.2) is 30.3 Å². The highest BCUT2D eigenvalue weighted by Crippen LogP contribution is 2.31. The Morgan fingerprint density at radius 1 is 1.25 bits per heavy atom. The van der Waals surface area contributed by atoms with Crippen LogP contribution in [0.25, 0.3) is 0 Å². The average molecular weight is 274 g/mol. The first kappa shape index (κ1) is 15.5. The standard InChI is InChI=1S/C18H30N2/c1-3-11-20(14-16-9-10-16)18(13-19)12-15(2)17-7-5-4-6-8-17/h4-8,15-16,18H,3,9-14,19H2,1-2H3. The second-order valence-corrected chi connectivity index (χ2v) is 6.38. The third-order valence-electron chi connectivity index (χ3n) is 4.48. The molecule has 2 rings (SSSR count). The molecule has 1 aliphatic carbocycles. The number of hydrogen-bond donors (Lipinski definition) is 1. The first-order chi connectivity index (χ1) is 9.74. The molecule has 0 bridgehead atoms. The Balaban J connectivity index is 1.94. The van der Waals surface area contributed by atoms with E-state index in [1.807, 2.05) is 0 Å². The van der Waals surface area contributed by atoms with Crippen LogP contribution in [0.3, 0.4) is 0 Å². The zero-order valence-electron chi connectivity index (χ0n) is 13.1. The number of nitrogens with zero attached hydrogens (tertiary/aromatic N) is 1. The van der Waals surface area contributed by atoms with Crippen molar-refractivity contribution in [2.45, 2.75) is 51.5 Å². The molecule has 2 unspecified atom stereocenters. The Bertz CT molecular complexity index is 372. The molecular formula is C18H30N2. The molecule has 1 aliphatic rings. The van der Waals surface area contributed by atoms with Crippen molar-refractivity contribution < 1.29 is 0 Å².